The van der Waals surface area contributed by atoms with Gasteiger partial charge in [-0.3, -0.25) is 5.43 Å². The molecular formula is C23H17ClN4S. The number of halogens is 1. The molecule has 3 aromatic carbocycles. The molecule has 0 aliphatic heterocycles. The predicted octanol–water partition coefficient (Wildman–Crippen LogP) is 6.55. The van der Waals surface area contributed by atoms with Gasteiger partial charge in [0.1, 0.15) is 0 Å². The first-order valence-electron chi connectivity index (χ1n) is 9.17. The topological polar surface area (TPSA) is 42.2 Å². The number of anilines is 1. The molecule has 6 heteroatoms. The average molecular weight is 417 g/mol. The van der Waals surface area contributed by atoms with Crippen molar-refractivity contribution < 1.29 is 0 Å². The Morgan fingerprint density at radius 2 is 1.79 bits per heavy atom. The second-order valence-corrected chi connectivity index (χ2v) is 8.06. The fraction of sp³-hybridized carbons (Fsp3) is 0.0435. The highest BCUT2D eigenvalue weighted by Crippen LogP contribution is 2.29. The van der Waals surface area contributed by atoms with Crippen LogP contribution < -0.4 is 5.43 Å². The van der Waals surface area contributed by atoms with Crippen LogP contribution in [0, 0.1) is 0 Å². The van der Waals surface area contributed by atoms with Crippen molar-refractivity contribution >= 4 is 56.1 Å². The van der Waals surface area contributed by atoms with Crippen LogP contribution in [0.1, 0.15) is 5.56 Å². The molecule has 0 atom stereocenters. The SMILES string of the molecule is Cn1c2ccccc2c2cc(/C=N/Nc3nc(-c4ccc(Cl)cc4)cs3)ccc21. The summed E-state index contributed by atoms with van der Waals surface area (Å²) in [6.45, 7) is 0. The van der Waals surface area contributed by atoms with Crippen LogP contribution in [0.2, 0.25) is 5.02 Å². The zero-order chi connectivity index (χ0) is 19.8. The lowest BCUT2D eigenvalue weighted by Gasteiger charge is -1.99. The third kappa shape index (κ3) is 3.39. The van der Waals surface area contributed by atoms with Crippen LogP contribution in [0.25, 0.3) is 33.1 Å². The van der Waals surface area contributed by atoms with E-state index in [2.05, 4.69) is 69.6 Å². The monoisotopic (exact) mass is 416 g/mol. The summed E-state index contributed by atoms with van der Waals surface area (Å²) in [6, 6.07) is 22.5. The van der Waals surface area contributed by atoms with Gasteiger partial charge in [0.15, 0.2) is 0 Å². The van der Waals surface area contributed by atoms with Gasteiger partial charge in [0, 0.05) is 44.8 Å². The van der Waals surface area contributed by atoms with Crippen LogP contribution in [0.5, 0.6) is 0 Å². The molecule has 0 aliphatic rings. The smallest absolute Gasteiger partial charge is 0.203 e. The van der Waals surface area contributed by atoms with Gasteiger partial charge in [-0.05, 0) is 35.9 Å². The number of benzene rings is 3. The lowest BCUT2D eigenvalue weighted by Crippen LogP contribution is -1.91. The minimum absolute atomic E-state index is 0.718. The van der Waals surface area contributed by atoms with Crippen LogP contribution >= 0.6 is 22.9 Å². The van der Waals surface area contributed by atoms with E-state index in [4.69, 9.17) is 11.6 Å². The van der Waals surface area contributed by atoms with Gasteiger partial charge in [-0.15, -0.1) is 11.3 Å². The van der Waals surface area contributed by atoms with E-state index in [1.54, 1.807) is 0 Å². The van der Waals surface area contributed by atoms with Crippen molar-refractivity contribution in [3.8, 4) is 11.3 Å². The van der Waals surface area contributed by atoms with Gasteiger partial charge in [-0.1, -0.05) is 48.0 Å². The van der Waals surface area contributed by atoms with Crippen molar-refractivity contribution in [1.82, 2.24) is 9.55 Å². The number of aromatic nitrogens is 2. The summed E-state index contributed by atoms with van der Waals surface area (Å²) in [5, 5.41) is 10.3. The standard InChI is InChI=1S/C23H17ClN4S/c1-28-21-5-3-2-4-18(21)19-12-15(6-11-22(19)28)13-25-27-23-26-20(14-29-23)16-7-9-17(24)10-8-16/h2-14H,1H3,(H,26,27)/b25-13+. The number of hydrogen-bond donors (Lipinski definition) is 1. The van der Waals surface area contributed by atoms with E-state index in [0.29, 0.717) is 0 Å². The van der Waals surface area contributed by atoms with Gasteiger partial charge in [0.2, 0.25) is 5.13 Å². The number of nitrogens with one attached hydrogen (secondary N) is 1. The molecule has 1 N–H and O–H groups in total. The molecule has 0 spiro atoms. The van der Waals surface area contributed by atoms with Crippen LogP contribution in [0.15, 0.2) is 77.2 Å². The Balaban J connectivity index is 1.37. The molecule has 2 heterocycles. The summed E-state index contributed by atoms with van der Waals surface area (Å²) < 4.78 is 2.22. The molecule has 0 saturated carbocycles. The van der Waals surface area contributed by atoms with Crippen LogP contribution in [-0.4, -0.2) is 15.8 Å². The second kappa shape index (κ2) is 7.35. The van der Waals surface area contributed by atoms with E-state index in [-0.39, 0.29) is 0 Å². The highest BCUT2D eigenvalue weighted by atomic mass is 35.5. The number of rotatable bonds is 4. The maximum atomic E-state index is 5.95. The van der Waals surface area contributed by atoms with E-state index in [9.17, 15) is 0 Å². The number of nitrogens with zero attached hydrogens (tertiary/aromatic N) is 3. The molecule has 0 aliphatic carbocycles. The first kappa shape index (κ1) is 17.9. The summed E-state index contributed by atoms with van der Waals surface area (Å²) in [7, 11) is 2.10. The van der Waals surface area contributed by atoms with Gasteiger partial charge >= 0.3 is 0 Å². The number of hydrazone groups is 1. The van der Waals surface area contributed by atoms with Crippen LogP contribution in [0.4, 0.5) is 5.13 Å². The molecule has 0 radical (unpaired) electrons. The summed E-state index contributed by atoms with van der Waals surface area (Å²) in [6.07, 6.45) is 1.82. The lowest BCUT2D eigenvalue weighted by atomic mass is 10.1. The summed E-state index contributed by atoms with van der Waals surface area (Å²) >= 11 is 7.47. The zero-order valence-electron chi connectivity index (χ0n) is 15.6. The molecule has 5 rings (SSSR count). The van der Waals surface area contributed by atoms with E-state index < -0.39 is 0 Å². The van der Waals surface area contributed by atoms with Crippen molar-refractivity contribution in [3.63, 3.8) is 0 Å². The highest BCUT2D eigenvalue weighted by molar-refractivity contribution is 7.14. The second-order valence-electron chi connectivity index (χ2n) is 6.77. The summed E-state index contributed by atoms with van der Waals surface area (Å²) in [5.74, 6) is 0. The maximum absolute atomic E-state index is 5.95. The molecule has 2 aromatic heterocycles. The lowest BCUT2D eigenvalue weighted by molar-refractivity contribution is 1.01. The Morgan fingerprint density at radius 3 is 2.66 bits per heavy atom. The molecule has 0 saturated heterocycles. The Morgan fingerprint density at radius 1 is 1.00 bits per heavy atom. The van der Waals surface area contributed by atoms with Gasteiger partial charge in [-0.2, -0.15) is 5.10 Å². The number of fused-ring (bicyclic) bond motifs is 3. The molecule has 5 aromatic rings. The zero-order valence-corrected chi connectivity index (χ0v) is 17.2. The predicted molar refractivity (Wildman–Crippen MR) is 124 cm³/mol. The number of para-hydroxylation sites is 1. The van der Waals surface area contributed by atoms with E-state index in [1.807, 2.05) is 35.9 Å². The highest BCUT2D eigenvalue weighted by Gasteiger charge is 2.07. The molecular weight excluding hydrogens is 400 g/mol. The van der Waals surface area contributed by atoms with Crippen molar-refractivity contribution in [1.29, 1.82) is 0 Å². The largest absolute Gasteiger partial charge is 0.344 e. The minimum Gasteiger partial charge on any atom is -0.344 e. The fourth-order valence-electron chi connectivity index (χ4n) is 3.51. The third-order valence-electron chi connectivity index (χ3n) is 4.96. The van der Waals surface area contributed by atoms with Crippen LogP contribution in [-0.2, 0) is 7.05 Å². The summed E-state index contributed by atoms with van der Waals surface area (Å²) in [5.41, 5.74) is 8.45. The first-order chi connectivity index (χ1) is 14.2. The Labute approximate surface area is 177 Å². The average Bonchev–Trinajstić information content (AvgIpc) is 3.33. The molecule has 0 bridgehead atoms. The van der Waals surface area contributed by atoms with Crippen molar-refractivity contribution in [2.45, 2.75) is 0 Å². The molecule has 142 valence electrons. The fourth-order valence-corrected chi connectivity index (χ4v) is 4.30. The number of thiazole rings is 1. The number of hydrogen-bond acceptors (Lipinski definition) is 4. The maximum Gasteiger partial charge on any atom is 0.203 e. The normalized spacial score (nSPS) is 11.7. The van der Waals surface area contributed by atoms with Crippen LogP contribution in [0.3, 0.4) is 0 Å². The van der Waals surface area contributed by atoms with Gasteiger partial charge in [0.05, 0.1) is 11.9 Å². The summed E-state index contributed by atoms with van der Waals surface area (Å²) in [4.78, 5) is 4.58. The Hall–Kier alpha value is -3.15. The van der Waals surface area contributed by atoms with Gasteiger partial charge in [-0.25, -0.2) is 4.98 Å². The molecule has 0 amide bonds. The number of aryl methyl sites for hydroxylation is 1. The van der Waals surface area contributed by atoms with Gasteiger partial charge < -0.3 is 4.57 Å². The van der Waals surface area contributed by atoms with E-state index in [0.717, 1.165) is 27.0 Å². The Bertz CT molecular complexity index is 1350. The van der Waals surface area contributed by atoms with Crippen molar-refractivity contribution in [2.75, 3.05) is 5.43 Å². The Kier molecular flexibility index (Phi) is 4.54. The molecule has 0 unspecified atom stereocenters. The van der Waals surface area contributed by atoms with Crippen molar-refractivity contribution in [3.05, 3.63) is 82.7 Å². The molecule has 4 nitrogen and oxygen atoms in total. The molecule has 0 fully saturated rings. The van der Waals surface area contributed by atoms with E-state index >= 15 is 0 Å². The first-order valence-corrected chi connectivity index (χ1v) is 10.4. The third-order valence-corrected chi connectivity index (χ3v) is 5.95. The van der Waals surface area contributed by atoms with E-state index in [1.165, 1.54) is 33.1 Å². The van der Waals surface area contributed by atoms with Gasteiger partial charge in [0.25, 0.3) is 0 Å². The minimum atomic E-state index is 0.718. The molecule has 29 heavy (non-hydrogen) atoms. The van der Waals surface area contributed by atoms with Crippen molar-refractivity contribution in [2.24, 2.45) is 12.1 Å². The quantitative estimate of drug-likeness (QED) is 0.266.